The summed E-state index contributed by atoms with van der Waals surface area (Å²) in [6.45, 7) is 5.31. The molecular weight excluding hydrogens is 244 g/mol. The lowest BCUT2D eigenvalue weighted by atomic mass is 10.1. The Bertz CT molecular complexity index is 421. The van der Waals surface area contributed by atoms with Gasteiger partial charge in [0.1, 0.15) is 5.75 Å². The minimum atomic E-state index is 0.109. The predicted molar refractivity (Wildman–Crippen MR) is 75.0 cm³/mol. The van der Waals surface area contributed by atoms with Gasteiger partial charge < -0.3 is 20.4 Å². The van der Waals surface area contributed by atoms with Crippen molar-refractivity contribution < 1.29 is 14.7 Å². The van der Waals surface area contributed by atoms with E-state index in [4.69, 9.17) is 20.4 Å². The number of nitrogens with zero attached hydrogens (tertiary/aromatic N) is 1. The molecule has 0 unspecified atom stereocenters. The van der Waals surface area contributed by atoms with Gasteiger partial charge in [-0.25, -0.2) is 0 Å². The van der Waals surface area contributed by atoms with E-state index < -0.39 is 0 Å². The first-order valence-corrected chi connectivity index (χ1v) is 6.31. The summed E-state index contributed by atoms with van der Waals surface area (Å²) in [7, 11) is 1.70. The van der Waals surface area contributed by atoms with E-state index in [0.717, 1.165) is 36.3 Å². The van der Waals surface area contributed by atoms with E-state index in [-0.39, 0.29) is 5.84 Å². The molecule has 0 radical (unpaired) electrons. The predicted octanol–water partition coefficient (Wildman–Crippen LogP) is 2.20. The van der Waals surface area contributed by atoms with Crippen LogP contribution in [0.5, 0.6) is 5.75 Å². The summed E-state index contributed by atoms with van der Waals surface area (Å²) in [5.74, 6) is 0.977. The first-order chi connectivity index (χ1) is 9.10. The summed E-state index contributed by atoms with van der Waals surface area (Å²) < 4.78 is 10.8. The van der Waals surface area contributed by atoms with Crippen molar-refractivity contribution >= 4 is 5.84 Å². The molecule has 0 aromatic heterocycles. The number of hydrogen-bond acceptors (Lipinski definition) is 4. The largest absolute Gasteiger partial charge is 0.493 e. The van der Waals surface area contributed by atoms with Crippen LogP contribution in [0.15, 0.2) is 17.3 Å². The lowest BCUT2D eigenvalue weighted by Crippen LogP contribution is -2.14. The van der Waals surface area contributed by atoms with E-state index in [0.29, 0.717) is 12.2 Å². The van der Waals surface area contributed by atoms with Crippen LogP contribution in [0.1, 0.15) is 29.5 Å². The Kier molecular flexibility index (Phi) is 6.15. The smallest absolute Gasteiger partial charge is 0.170 e. The molecule has 19 heavy (non-hydrogen) atoms. The molecule has 0 bridgehead atoms. The molecule has 1 aromatic rings. The zero-order chi connectivity index (χ0) is 14.3. The SMILES string of the molecule is COCCCCOc1c(C)cc(C(N)=NO)cc1C. The third-order valence-corrected chi connectivity index (χ3v) is 2.85. The zero-order valence-electron chi connectivity index (χ0n) is 11.8. The molecule has 1 aromatic carbocycles. The average Bonchev–Trinajstić information content (AvgIpc) is 2.40. The van der Waals surface area contributed by atoms with Crippen LogP contribution in [-0.4, -0.2) is 31.4 Å². The number of amidine groups is 1. The second-order valence-electron chi connectivity index (χ2n) is 4.47. The third kappa shape index (κ3) is 4.44. The molecule has 3 N–H and O–H groups in total. The lowest BCUT2D eigenvalue weighted by molar-refractivity contribution is 0.184. The fourth-order valence-corrected chi connectivity index (χ4v) is 1.91. The molecule has 0 saturated carbocycles. The second-order valence-corrected chi connectivity index (χ2v) is 4.47. The van der Waals surface area contributed by atoms with Gasteiger partial charge >= 0.3 is 0 Å². The van der Waals surface area contributed by atoms with Crippen LogP contribution in [0.4, 0.5) is 0 Å². The molecule has 0 aliphatic carbocycles. The zero-order valence-corrected chi connectivity index (χ0v) is 11.8. The maximum Gasteiger partial charge on any atom is 0.170 e. The monoisotopic (exact) mass is 266 g/mol. The van der Waals surface area contributed by atoms with Crippen molar-refractivity contribution in [2.75, 3.05) is 20.3 Å². The quantitative estimate of drug-likeness (QED) is 0.261. The number of hydrogen-bond donors (Lipinski definition) is 2. The summed E-state index contributed by atoms with van der Waals surface area (Å²) in [4.78, 5) is 0. The van der Waals surface area contributed by atoms with Crippen molar-refractivity contribution in [2.45, 2.75) is 26.7 Å². The van der Waals surface area contributed by atoms with Crippen LogP contribution in [-0.2, 0) is 4.74 Å². The molecule has 0 heterocycles. The van der Waals surface area contributed by atoms with Crippen molar-refractivity contribution in [3.8, 4) is 5.75 Å². The molecule has 0 aliphatic rings. The molecule has 0 spiro atoms. The van der Waals surface area contributed by atoms with Gasteiger partial charge in [0.2, 0.25) is 0 Å². The molecule has 1 rings (SSSR count). The molecule has 0 fully saturated rings. The van der Waals surface area contributed by atoms with Gasteiger partial charge in [-0.1, -0.05) is 5.16 Å². The van der Waals surface area contributed by atoms with Gasteiger partial charge in [0, 0.05) is 19.3 Å². The average molecular weight is 266 g/mol. The Morgan fingerprint density at radius 1 is 1.21 bits per heavy atom. The third-order valence-electron chi connectivity index (χ3n) is 2.85. The number of oxime groups is 1. The highest BCUT2D eigenvalue weighted by Gasteiger charge is 2.08. The van der Waals surface area contributed by atoms with Gasteiger partial charge in [-0.2, -0.15) is 0 Å². The minimum Gasteiger partial charge on any atom is -0.493 e. The number of methoxy groups -OCH3 is 1. The summed E-state index contributed by atoms with van der Waals surface area (Å²) in [5.41, 5.74) is 8.24. The topological polar surface area (TPSA) is 77.1 Å². The normalized spacial score (nSPS) is 11.6. The fourth-order valence-electron chi connectivity index (χ4n) is 1.91. The molecule has 5 heteroatoms. The lowest BCUT2D eigenvalue weighted by Gasteiger charge is -2.13. The van der Waals surface area contributed by atoms with Crippen molar-refractivity contribution in [2.24, 2.45) is 10.9 Å². The van der Waals surface area contributed by atoms with Crippen molar-refractivity contribution in [1.82, 2.24) is 0 Å². The Hall–Kier alpha value is -1.75. The van der Waals surface area contributed by atoms with E-state index >= 15 is 0 Å². The Morgan fingerprint density at radius 3 is 2.32 bits per heavy atom. The Balaban J connectivity index is 2.69. The molecule has 0 amide bonds. The van der Waals surface area contributed by atoms with Crippen LogP contribution < -0.4 is 10.5 Å². The van der Waals surface area contributed by atoms with Crippen LogP contribution in [0, 0.1) is 13.8 Å². The van der Waals surface area contributed by atoms with Crippen molar-refractivity contribution in [1.29, 1.82) is 0 Å². The molecule has 106 valence electrons. The molecule has 0 aliphatic heterocycles. The minimum absolute atomic E-state index is 0.109. The standard InChI is InChI=1S/C14H22N2O3/c1-10-8-12(14(15)16-17)9-11(2)13(10)19-7-5-4-6-18-3/h8-9,17H,4-7H2,1-3H3,(H2,15,16). The molecule has 0 atom stereocenters. The summed E-state index contributed by atoms with van der Waals surface area (Å²) in [6.07, 6.45) is 1.94. The highest BCUT2D eigenvalue weighted by molar-refractivity contribution is 5.97. The molecule has 5 nitrogen and oxygen atoms in total. The van der Waals surface area contributed by atoms with E-state index in [1.54, 1.807) is 7.11 Å². The first kappa shape index (κ1) is 15.3. The van der Waals surface area contributed by atoms with Crippen LogP contribution in [0.2, 0.25) is 0 Å². The number of nitrogens with two attached hydrogens (primary N) is 1. The van der Waals surface area contributed by atoms with E-state index in [9.17, 15) is 0 Å². The number of unbranched alkanes of at least 4 members (excludes halogenated alkanes) is 1. The number of ether oxygens (including phenoxy) is 2. The summed E-state index contributed by atoms with van der Waals surface area (Å²) >= 11 is 0. The van der Waals surface area contributed by atoms with E-state index in [1.165, 1.54) is 0 Å². The van der Waals surface area contributed by atoms with Crippen LogP contribution >= 0.6 is 0 Å². The Morgan fingerprint density at radius 2 is 1.79 bits per heavy atom. The number of aryl methyl sites for hydroxylation is 2. The second kappa shape index (κ2) is 7.63. The van der Waals surface area contributed by atoms with Gasteiger partial charge in [-0.3, -0.25) is 0 Å². The van der Waals surface area contributed by atoms with E-state index in [2.05, 4.69) is 5.16 Å². The van der Waals surface area contributed by atoms with Gasteiger partial charge in [-0.05, 0) is 49.9 Å². The van der Waals surface area contributed by atoms with Gasteiger partial charge in [0.05, 0.1) is 6.61 Å². The first-order valence-electron chi connectivity index (χ1n) is 6.31. The molecule has 0 saturated heterocycles. The fraction of sp³-hybridized carbons (Fsp3) is 0.500. The maximum atomic E-state index is 8.68. The van der Waals surface area contributed by atoms with Gasteiger partial charge in [0.25, 0.3) is 0 Å². The highest BCUT2D eigenvalue weighted by atomic mass is 16.5. The van der Waals surface area contributed by atoms with E-state index in [1.807, 2.05) is 26.0 Å². The van der Waals surface area contributed by atoms with Crippen molar-refractivity contribution in [3.63, 3.8) is 0 Å². The molecular formula is C14H22N2O3. The maximum absolute atomic E-state index is 8.68. The van der Waals surface area contributed by atoms with Crippen LogP contribution in [0.25, 0.3) is 0 Å². The summed E-state index contributed by atoms with van der Waals surface area (Å²) in [5, 5.41) is 11.7. The highest BCUT2D eigenvalue weighted by Crippen LogP contribution is 2.25. The Labute approximate surface area is 114 Å². The number of rotatable bonds is 7. The van der Waals surface area contributed by atoms with Crippen molar-refractivity contribution in [3.05, 3.63) is 28.8 Å². The van der Waals surface area contributed by atoms with Gasteiger partial charge in [0.15, 0.2) is 5.84 Å². The van der Waals surface area contributed by atoms with Crippen LogP contribution in [0.3, 0.4) is 0 Å². The van der Waals surface area contributed by atoms with Gasteiger partial charge in [-0.15, -0.1) is 0 Å². The summed E-state index contributed by atoms with van der Waals surface area (Å²) in [6, 6.07) is 3.71. The number of benzene rings is 1.